The lowest BCUT2D eigenvalue weighted by Crippen LogP contribution is -2.39. The van der Waals surface area contributed by atoms with Crippen molar-refractivity contribution < 1.29 is 4.74 Å². The van der Waals surface area contributed by atoms with E-state index in [9.17, 15) is 0 Å². The van der Waals surface area contributed by atoms with Crippen LogP contribution in [0.3, 0.4) is 0 Å². The number of aliphatic imine (C=N–C) groups is 1. The van der Waals surface area contributed by atoms with Gasteiger partial charge in [-0.3, -0.25) is 4.99 Å². The summed E-state index contributed by atoms with van der Waals surface area (Å²) in [7, 11) is 1.69. The standard InChI is InChI=1S/C19H28N6O/c1-4-11-20-19(22-13-14-25-15-23-24-18(25)5-2)21-12-10-16-8-6-7-9-17(16)26-3/h4,6-9,15H,1,5,10-14H2,2-3H3,(H2,20,21,22). The van der Waals surface area contributed by atoms with Gasteiger partial charge in [0.1, 0.15) is 17.9 Å². The van der Waals surface area contributed by atoms with Crippen molar-refractivity contribution in [3.63, 3.8) is 0 Å². The zero-order chi connectivity index (χ0) is 18.6. The van der Waals surface area contributed by atoms with Gasteiger partial charge in [0, 0.05) is 32.6 Å². The summed E-state index contributed by atoms with van der Waals surface area (Å²) in [6.07, 6.45) is 5.26. The average Bonchev–Trinajstić information content (AvgIpc) is 3.13. The Hall–Kier alpha value is -2.83. The van der Waals surface area contributed by atoms with Crippen LogP contribution in [0, 0.1) is 0 Å². The lowest BCUT2D eigenvalue weighted by atomic mass is 10.1. The Bertz CT molecular complexity index is 710. The molecule has 7 nitrogen and oxygen atoms in total. The topological polar surface area (TPSA) is 76.4 Å². The van der Waals surface area contributed by atoms with Gasteiger partial charge < -0.3 is 19.9 Å². The maximum Gasteiger partial charge on any atom is 0.191 e. The minimum absolute atomic E-state index is 0.660. The summed E-state index contributed by atoms with van der Waals surface area (Å²) in [5, 5.41) is 14.6. The summed E-state index contributed by atoms with van der Waals surface area (Å²) < 4.78 is 7.44. The van der Waals surface area contributed by atoms with Gasteiger partial charge in [0.2, 0.25) is 0 Å². The van der Waals surface area contributed by atoms with E-state index in [4.69, 9.17) is 4.74 Å². The van der Waals surface area contributed by atoms with Crippen LogP contribution in [0.2, 0.25) is 0 Å². The SMILES string of the molecule is C=CCNC(=NCCc1ccccc1OC)NCCn1cnnc1CC. The molecule has 140 valence electrons. The van der Waals surface area contributed by atoms with Crippen LogP contribution < -0.4 is 15.4 Å². The minimum Gasteiger partial charge on any atom is -0.496 e. The minimum atomic E-state index is 0.660. The average molecular weight is 356 g/mol. The van der Waals surface area contributed by atoms with Crippen LogP contribution in [-0.2, 0) is 19.4 Å². The second-order valence-corrected chi connectivity index (χ2v) is 5.68. The highest BCUT2D eigenvalue weighted by Gasteiger charge is 2.04. The monoisotopic (exact) mass is 356 g/mol. The van der Waals surface area contributed by atoms with Crippen LogP contribution in [0.1, 0.15) is 18.3 Å². The van der Waals surface area contributed by atoms with Gasteiger partial charge in [0.25, 0.3) is 0 Å². The molecule has 1 aromatic carbocycles. The van der Waals surface area contributed by atoms with E-state index in [1.807, 2.05) is 28.8 Å². The third-order valence-electron chi connectivity index (χ3n) is 3.91. The largest absolute Gasteiger partial charge is 0.496 e. The number of para-hydroxylation sites is 1. The van der Waals surface area contributed by atoms with E-state index >= 15 is 0 Å². The molecule has 0 fully saturated rings. The number of nitrogens with one attached hydrogen (secondary N) is 2. The summed E-state index contributed by atoms with van der Waals surface area (Å²) >= 11 is 0. The van der Waals surface area contributed by atoms with Crippen LogP contribution >= 0.6 is 0 Å². The number of hydrogen-bond acceptors (Lipinski definition) is 4. The second-order valence-electron chi connectivity index (χ2n) is 5.68. The van der Waals surface area contributed by atoms with Crippen molar-refractivity contribution in [3.05, 3.63) is 54.6 Å². The number of nitrogens with zero attached hydrogens (tertiary/aromatic N) is 4. The summed E-state index contributed by atoms with van der Waals surface area (Å²) in [4.78, 5) is 4.64. The summed E-state index contributed by atoms with van der Waals surface area (Å²) in [6.45, 7) is 8.67. The van der Waals surface area contributed by atoms with E-state index in [1.54, 1.807) is 13.4 Å². The lowest BCUT2D eigenvalue weighted by Gasteiger charge is -2.13. The molecular formula is C19H28N6O. The Kier molecular flexibility index (Phi) is 8.18. The number of aryl methyl sites for hydroxylation is 1. The highest BCUT2D eigenvalue weighted by atomic mass is 16.5. The van der Waals surface area contributed by atoms with Crippen LogP contribution in [0.15, 0.2) is 48.2 Å². The molecule has 1 heterocycles. The van der Waals surface area contributed by atoms with E-state index in [0.29, 0.717) is 13.1 Å². The zero-order valence-electron chi connectivity index (χ0n) is 15.6. The van der Waals surface area contributed by atoms with Gasteiger partial charge in [-0.05, 0) is 18.1 Å². The molecule has 0 aliphatic carbocycles. The summed E-state index contributed by atoms with van der Waals surface area (Å²) in [5.41, 5.74) is 1.15. The molecule has 0 unspecified atom stereocenters. The first kappa shape index (κ1) is 19.5. The Morgan fingerprint density at radius 2 is 2.19 bits per heavy atom. The van der Waals surface area contributed by atoms with E-state index in [1.165, 1.54) is 0 Å². The zero-order valence-corrected chi connectivity index (χ0v) is 15.6. The molecule has 0 atom stereocenters. The van der Waals surface area contributed by atoms with Crippen molar-refractivity contribution in [2.24, 2.45) is 4.99 Å². The van der Waals surface area contributed by atoms with Gasteiger partial charge in [0.05, 0.1) is 7.11 Å². The molecule has 0 aliphatic rings. The van der Waals surface area contributed by atoms with Crippen molar-refractivity contribution in [1.29, 1.82) is 0 Å². The molecule has 1 aromatic heterocycles. The first-order chi connectivity index (χ1) is 12.8. The highest BCUT2D eigenvalue weighted by Crippen LogP contribution is 2.17. The maximum absolute atomic E-state index is 5.39. The fourth-order valence-electron chi connectivity index (χ4n) is 2.58. The van der Waals surface area contributed by atoms with Crippen molar-refractivity contribution >= 4 is 5.96 Å². The molecule has 7 heteroatoms. The molecule has 2 rings (SSSR count). The Morgan fingerprint density at radius 1 is 1.35 bits per heavy atom. The number of rotatable bonds is 10. The van der Waals surface area contributed by atoms with Gasteiger partial charge in [-0.25, -0.2) is 0 Å². The molecular weight excluding hydrogens is 328 g/mol. The Labute approximate surface area is 155 Å². The van der Waals surface area contributed by atoms with Crippen LogP contribution in [-0.4, -0.2) is 47.5 Å². The number of ether oxygens (including phenoxy) is 1. The third-order valence-corrected chi connectivity index (χ3v) is 3.91. The number of guanidine groups is 1. The van der Waals surface area contributed by atoms with Crippen molar-refractivity contribution in [3.8, 4) is 5.75 Å². The predicted molar refractivity (Wildman–Crippen MR) is 105 cm³/mol. The third kappa shape index (κ3) is 5.91. The van der Waals surface area contributed by atoms with Crippen molar-refractivity contribution in [1.82, 2.24) is 25.4 Å². The van der Waals surface area contributed by atoms with E-state index < -0.39 is 0 Å². The Balaban J connectivity index is 1.88. The molecule has 0 radical (unpaired) electrons. The molecule has 0 amide bonds. The summed E-state index contributed by atoms with van der Waals surface area (Å²) in [5.74, 6) is 2.65. The molecule has 0 saturated heterocycles. The molecule has 26 heavy (non-hydrogen) atoms. The summed E-state index contributed by atoms with van der Waals surface area (Å²) in [6, 6.07) is 8.02. The highest BCUT2D eigenvalue weighted by molar-refractivity contribution is 5.79. The molecule has 0 spiro atoms. The van der Waals surface area contributed by atoms with E-state index in [-0.39, 0.29) is 0 Å². The van der Waals surface area contributed by atoms with Crippen LogP contribution in [0.5, 0.6) is 5.75 Å². The number of benzene rings is 1. The normalized spacial score (nSPS) is 11.2. The van der Waals surface area contributed by atoms with Gasteiger partial charge in [-0.15, -0.1) is 16.8 Å². The molecule has 2 N–H and O–H groups in total. The first-order valence-electron chi connectivity index (χ1n) is 8.90. The molecule has 0 aliphatic heterocycles. The van der Waals surface area contributed by atoms with Crippen molar-refractivity contribution in [2.45, 2.75) is 26.3 Å². The molecule has 0 bridgehead atoms. The van der Waals surface area contributed by atoms with E-state index in [0.717, 1.165) is 49.0 Å². The van der Waals surface area contributed by atoms with Crippen molar-refractivity contribution in [2.75, 3.05) is 26.7 Å². The van der Waals surface area contributed by atoms with Gasteiger partial charge in [-0.1, -0.05) is 31.2 Å². The fraction of sp³-hybridized carbons (Fsp3) is 0.421. The number of methoxy groups -OCH3 is 1. The van der Waals surface area contributed by atoms with Gasteiger partial charge >= 0.3 is 0 Å². The van der Waals surface area contributed by atoms with Gasteiger partial charge in [-0.2, -0.15) is 0 Å². The fourth-order valence-corrected chi connectivity index (χ4v) is 2.58. The number of hydrogen-bond donors (Lipinski definition) is 2. The quantitative estimate of drug-likeness (QED) is 0.386. The van der Waals surface area contributed by atoms with Crippen LogP contribution in [0.25, 0.3) is 0 Å². The van der Waals surface area contributed by atoms with Gasteiger partial charge in [0.15, 0.2) is 5.96 Å². The number of aromatic nitrogens is 3. The van der Waals surface area contributed by atoms with E-state index in [2.05, 4.69) is 45.4 Å². The molecule has 0 saturated carbocycles. The lowest BCUT2D eigenvalue weighted by molar-refractivity contribution is 0.410. The first-order valence-corrected chi connectivity index (χ1v) is 8.90. The van der Waals surface area contributed by atoms with Crippen LogP contribution in [0.4, 0.5) is 0 Å². The second kappa shape index (κ2) is 10.9. The smallest absolute Gasteiger partial charge is 0.191 e. The predicted octanol–water partition coefficient (Wildman–Crippen LogP) is 1.81. The molecule has 2 aromatic rings. The Morgan fingerprint density at radius 3 is 2.96 bits per heavy atom. The maximum atomic E-state index is 5.39.